The van der Waals surface area contributed by atoms with Crippen LogP contribution in [-0.4, -0.2) is 62.8 Å². The normalized spacial score (nSPS) is 21.0. The van der Waals surface area contributed by atoms with Crippen LogP contribution in [0.15, 0.2) is 12.2 Å². The van der Waals surface area contributed by atoms with Crippen molar-refractivity contribution in [3.63, 3.8) is 0 Å². The van der Waals surface area contributed by atoms with E-state index in [9.17, 15) is 65.9 Å². The van der Waals surface area contributed by atoms with Crippen LogP contribution in [0.5, 0.6) is 0 Å². The van der Waals surface area contributed by atoms with Gasteiger partial charge in [-0.15, -0.1) is 0 Å². The fourth-order valence-corrected chi connectivity index (χ4v) is 6.57. The highest BCUT2D eigenvalue weighted by Crippen LogP contribution is 2.39. The van der Waals surface area contributed by atoms with E-state index in [0.29, 0.717) is 6.92 Å². The van der Waals surface area contributed by atoms with Crippen LogP contribution in [0.25, 0.3) is 0 Å². The number of hydrogen-bond donors (Lipinski definition) is 0. The third kappa shape index (κ3) is 7.23. The number of hydrogen-bond acceptors (Lipinski definition) is 8. The van der Waals surface area contributed by atoms with Crippen molar-refractivity contribution in [3.05, 3.63) is 12.2 Å². The third-order valence-electron chi connectivity index (χ3n) is 4.76. The van der Waals surface area contributed by atoms with Crippen LogP contribution in [0.2, 0.25) is 0 Å². The highest BCUT2D eigenvalue weighted by atomic mass is 32.3. The zero-order valence-corrected chi connectivity index (χ0v) is 19.0. The molecule has 0 spiro atoms. The Balaban J connectivity index is 2.93. The lowest BCUT2D eigenvalue weighted by molar-refractivity contribution is -0.158. The van der Waals surface area contributed by atoms with Gasteiger partial charge in [0.25, 0.3) is 19.7 Å². The number of sulfone groups is 2. The second-order valence-corrected chi connectivity index (χ2v) is 12.0. The average Bonchev–Trinajstić information content (AvgIpc) is 3.11. The number of alkyl halides is 9. The quantitative estimate of drug-likeness (QED) is 0.247. The summed E-state index contributed by atoms with van der Waals surface area (Å²) in [5, 5.41) is 0. The van der Waals surface area contributed by atoms with Crippen LogP contribution in [-0.2, 0) is 38.7 Å². The number of esters is 2. The Labute approximate surface area is 192 Å². The van der Waals surface area contributed by atoms with Gasteiger partial charge < -0.3 is 9.47 Å². The molecule has 1 rings (SSSR count). The van der Waals surface area contributed by atoms with Gasteiger partial charge >= 0.3 is 29.1 Å². The summed E-state index contributed by atoms with van der Waals surface area (Å²) >= 11 is 0. The van der Waals surface area contributed by atoms with Gasteiger partial charge in [-0.1, -0.05) is 6.58 Å². The molecule has 0 aromatic carbocycles. The minimum absolute atomic E-state index is 0.168. The predicted octanol–water partition coefficient (Wildman–Crippen LogP) is 3.33. The first-order chi connectivity index (χ1) is 15.4. The topological polar surface area (TPSA) is 121 Å². The van der Waals surface area contributed by atoms with Crippen molar-refractivity contribution in [1.29, 1.82) is 0 Å². The summed E-state index contributed by atoms with van der Waals surface area (Å²) in [5.41, 5.74) is -14.6. The first kappa shape index (κ1) is 31.0. The highest BCUT2D eigenvalue weighted by Gasteiger charge is 2.63. The number of carbonyl (C=O) groups excluding carboxylic acids is 2. The Bertz CT molecular complexity index is 998. The van der Waals surface area contributed by atoms with E-state index >= 15 is 0 Å². The van der Waals surface area contributed by atoms with Gasteiger partial charge in [0.1, 0.15) is 17.8 Å². The van der Waals surface area contributed by atoms with Crippen LogP contribution >= 0.6 is 0 Å². The number of carbonyl (C=O) groups is 2. The van der Waals surface area contributed by atoms with Gasteiger partial charge in [0, 0.05) is 6.42 Å². The Morgan fingerprint density at radius 2 is 1.37 bits per heavy atom. The predicted molar refractivity (Wildman–Crippen MR) is 96.3 cm³/mol. The van der Waals surface area contributed by atoms with Crippen molar-refractivity contribution in [2.45, 2.75) is 66.6 Å². The second kappa shape index (κ2) is 10.1. The van der Waals surface area contributed by atoms with Crippen molar-refractivity contribution < 1.29 is 75.4 Å². The van der Waals surface area contributed by atoms with E-state index in [1.165, 1.54) is 0 Å². The largest absolute Gasteiger partial charge is 0.498 e. The summed E-state index contributed by atoms with van der Waals surface area (Å²) in [6.07, 6.45) is -11.1. The van der Waals surface area contributed by atoms with Gasteiger partial charge in [0.2, 0.25) is 0 Å². The Kier molecular flexibility index (Phi) is 8.97. The van der Waals surface area contributed by atoms with E-state index in [1.807, 2.05) is 0 Å². The minimum Gasteiger partial charge on any atom is -0.462 e. The van der Waals surface area contributed by atoms with Crippen molar-refractivity contribution in [1.82, 2.24) is 0 Å². The summed E-state index contributed by atoms with van der Waals surface area (Å²) < 4.78 is 165. The molecule has 3 atom stereocenters. The lowest BCUT2D eigenvalue weighted by atomic mass is 10.1. The molecule has 0 bridgehead atoms. The fraction of sp³-hybridized carbons (Fsp3) is 0.750. The molecule has 3 unspecified atom stereocenters. The highest BCUT2D eigenvalue weighted by molar-refractivity contribution is 8.09. The van der Waals surface area contributed by atoms with Crippen LogP contribution in [0.3, 0.4) is 0 Å². The Morgan fingerprint density at radius 3 is 1.77 bits per heavy atom. The van der Waals surface area contributed by atoms with Crippen molar-refractivity contribution in [2.75, 3.05) is 0 Å². The average molecular weight is 572 g/mol. The van der Waals surface area contributed by atoms with Crippen molar-refractivity contribution in [3.8, 4) is 0 Å². The maximum absolute atomic E-state index is 12.8. The van der Waals surface area contributed by atoms with E-state index in [0.717, 1.165) is 0 Å². The summed E-state index contributed by atoms with van der Waals surface area (Å²) in [7, 11) is -13.9. The number of ether oxygens (including phenoxy) is 2. The molecule has 1 aliphatic carbocycles. The molecule has 204 valence electrons. The van der Waals surface area contributed by atoms with Gasteiger partial charge in [-0.3, -0.25) is 4.79 Å². The molecule has 35 heavy (non-hydrogen) atoms. The molecular weight excluding hydrogens is 555 g/mol. The maximum Gasteiger partial charge on any atom is 0.498 e. The zero-order chi connectivity index (χ0) is 27.8. The van der Waals surface area contributed by atoms with E-state index in [1.54, 1.807) is 0 Å². The lowest BCUT2D eigenvalue weighted by Gasteiger charge is -2.24. The summed E-state index contributed by atoms with van der Waals surface area (Å²) in [6, 6.07) is 0. The Morgan fingerprint density at radius 1 is 0.914 bits per heavy atom. The van der Waals surface area contributed by atoms with Gasteiger partial charge in [0.15, 0.2) is 4.58 Å². The molecule has 0 N–H and O–H groups in total. The molecule has 1 aliphatic rings. The molecule has 0 radical (unpaired) electrons. The fourth-order valence-electron chi connectivity index (χ4n) is 2.93. The first-order valence-electron chi connectivity index (χ1n) is 9.20. The van der Waals surface area contributed by atoms with Gasteiger partial charge in [-0.05, 0) is 26.2 Å². The van der Waals surface area contributed by atoms with Crippen LogP contribution in [0.1, 0.15) is 32.6 Å². The second-order valence-electron chi connectivity index (χ2n) is 7.41. The molecule has 0 aliphatic heterocycles. The van der Waals surface area contributed by atoms with E-state index in [2.05, 4.69) is 16.1 Å². The minimum atomic E-state index is -6.93. The Hall–Kier alpha value is -2.05. The maximum atomic E-state index is 12.8. The molecule has 8 nitrogen and oxygen atoms in total. The first-order valence-corrected chi connectivity index (χ1v) is 12.3. The van der Waals surface area contributed by atoms with Gasteiger partial charge in [-0.25, -0.2) is 21.6 Å². The molecule has 1 saturated carbocycles. The lowest BCUT2D eigenvalue weighted by Crippen LogP contribution is -2.46. The van der Waals surface area contributed by atoms with Crippen LogP contribution in [0, 0.1) is 5.92 Å². The molecule has 19 heteroatoms. The van der Waals surface area contributed by atoms with Crippen molar-refractivity contribution in [2.24, 2.45) is 5.92 Å². The van der Waals surface area contributed by atoms with Gasteiger partial charge in [0.05, 0.1) is 5.92 Å². The standard InChI is InChI=1S/C16H17F9O8S2/c1-7(5-11(34(28,29)15(20,21)22)35(30,31)16(23,24)25)32-13(27)9-3-4-10(6-9)33-12(26)8(2)14(17,18)19/h7,9-11H,2-6H2,1H3. The third-order valence-corrected chi connectivity index (χ3v) is 9.34. The molecular formula is C16H17F9O8S2. The summed E-state index contributed by atoms with van der Waals surface area (Å²) in [5.74, 6) is -4.41. The summed E-state index contributed by atoms with van der Waals surface area (Å²) in [6.45, 7) is 3.15. The molecule has 0 amide bonds. The molecule has 0 aromatic heterocycles. The van der Waals surface area contributed by atoms with Crippen LogP contribution in [0.4, 0.5) is 39.5 Å². The van der Waals surface area contributed by atoms with Crippen molar-refractivity contribution >= 4 is 31.6 Å². The summed E-state index contributed by atoms with van der Waals surface area (Å²) in [4.78, 5) is 23.6. The number of halogens is 9. The monoisotopic (exact) mass is 572 g/mol. The number of rotatable bonds is 8. The molecule has 0 aromatic rings. The zero-order valence-electron chi connectivity index (χ0n) is 17.3. The smallest absolute Gasteiger partial charge is 0.462 e. The SMILES string of the molecule is C=C(C(=O)OC1CCC(C(=O)OC(C)CC(S(=O)(=O)C(F)(F)F)S(=O)(=O)C(F)(F)F)C1)C(F)(F)F. The van der Waals surface area contributed by atoms with E-state index < -0.39 is 89.9 Å². The van der Waals surface area contributed by atoms with E-state index in [4.69, 9.17) is 0 Å². The van der Waals surface area contributed by atoms with E-state index in [-0.39, 0.29) is 12.8 Å². The van der Waals surface area contributed by atoms with Gasteiger partial charge in [-0.2, -0.15) is 39.5 Å². The molecule has 1 fully saturated rings. The molecule has 0 saturated heterocycles. The molecule has 0 heterocycles. The van der Waals surface area contributed by atoms with Crippen LogP contribution < -0.4 is 0 Å².